The van der Waals surface area contributed by atoms with Crippen LogP contribution in [0.5, 0.6) is 0 Å². The smallest absolute Gasteiger partial charge is 0.391 e. The Morgan fingerprint density at radius 3 is 2.32 bits per heavy atom. The number of nitrogens with one attached hydrogen (secondary N) is 5. The second-order valence-corrected chi connectivity index (χ2v) is 10.3. The number of carbonyl (C=O) groups excluding carboxylic acids is 3. The third-order valence-electron chi connectivity index (χ3n) is 6.24. The van der Waals surface area contributed by atoms with Gasteiger partial charge in [0.2, 0.25) is 5.91 Å². The molecule has 0 saturated carbocycles. The van der Waals surface area contributed by atoms with Crippen LogP contribution < -0.4 is 26.6 Å². The summed E-state index contributed by atoms with van der Waals surface area (Å²) in [6.45, 7) is 9.51. The minimum Gasteiger partial charge on any atom is -0.391 e. The molecule has 0 aliphatic carbocycles. The van der Waals surface area contributed by atoms with E-state index in [-0.39, 0.29) is 18.3 Å². The Morgan fingerprint density at radius 1 is 1.00 bits per heavy atom. The standard InChI is InChI=1S/C29H40F3N5O4/c1-6-7-25(38)24(15-33-14-20-9-8-18(4)12-19(20)5)36-26(39)16-34-27(40)22-13-21(29(30,31)32)10-11-23(22)37-28(41)35-17(2)3/h8-13,17,24-25,33,38H,6-7,14-16H2,1-5H3,(H,34,40)(H,36,39)(H2,35,37,41)/t24-,25+/m0/s1. The van der Waals surface area contributed by atoms with Gasteiger partial charge in [0, 0.05) is 19.1 Å². The zero-order valence-electron chi connectivity index (χ0n) is 24.0. The Balaban J connectivity index is 2.08. The van der Waals surface area contributed by atoms with Gasteiger partial charge in [-0.05, 0) is 63.4 Å². The van der Waals surface area contributed by atoms with Gasteiger partial charge in [0.25, 0.3) is 5.91 Å². The lowest BCUT2D eigenvalue weighted by molar-refractivity contribution is -0.137. The summed E-state index contributed by atoms with van der Waals surface area (Å²) < 4.78 is 40.0. The van der Waals surface area contributed by atoms with E-state index in [0.717, 1.165) is 28.8 Å². The number of aliphatic hydroxyl groups is 1. The van der Waals surface area contributed by atoms with Crippen molar-refractivity contribution in [3.05, 3.63) is 64.2 Å². The lowest BCUT2D eigenvalue weighted by Crippen LogP contribution is -2.51. The molecule has 12 heteroatoms. The highest BCUT2D eigenvalue weighted by Crippen LogP contribution is 2.32. The average molecular weight is 580 g/mol. The van der Waals surface area contributed by atoms with Crippen molar-refractivity contribution in [2.24, 2.45) is 0 Å². The van der Waals surface area contributed by atoms with Crippen LogP contribution in [0.3, 0.4) is 0 Å². The van der Waals surface area contributed by atoms with Crippen LogP contribution in [0.4, 0.5) is 23.7 Å². The van der Waals surface area contributed by atoms with Gasteiger partial charge in [-0.2, -0.15) is 13.2 Å². The van der Waals surface area contributed by atoms with Gasteiger partial charge < -0.3 is 31.7 Å². The summed E-state index contributed by atoms with van der Waals surface area (Å²) >= 11 is 0. The Bertz CT molecular complexity index is 1200. The zero-order valence-corrected chi connectivity index (χ0v) is 24.0. The first-order valence-electron chi connectivity index (χ1n) is 13.5. The predicted octanol–water partition coefficient (Wildman–Crippen LogP) is 4.02. The first kappa shape index (κ1) is 33.6. The number of urea groups is 1. The molecule has 2 rings (SSSR count). The van der Waals surface area contributed by atoms with E-state index in [1.807, 2.05) is 32.9 Å². The lowest BCUT2D eigenvalue weighted by Gasteiger charge is -2.25. The van der Waals surface area contributed by atoms with Crippen LogP contribution in [0.2, 0.25) is 0 Å². The molecule has 0 unspecified atom stereocenters. The molecular formula is C29H40F3N5O4. The molecule has 2 aromatic rings. The molecule has 0 aliphatic heterocycles. The summed E-state index contributed by atoms with van der Waals surface area (Å²) in [5, 5.41) is 23.7. The lowest BCUT2D eigenvalue weighted by atomic mass is 10.0. The number of amides is 4. The fourth-order valence-electron chi connectivity index (χ4n) is 4.14. The van der Waals surface area contributed by atoms with Gasteiger partial charge >= 0.3 is 12.2 Å². The molecule has 0 saturated heterocycles. The molecular weight excluding hydrogens is 539 g/mol. The number of halogens is 3. The average Bonchev–Trinajstić information content (AvgIpc) is 2.87. The van der Waals surface area contributed by atoms with Crippen LogP contribution in [0, 0.1) is 13.8 Å². The monoisotopic (exact) mass is 579 g/mol. The van der Waals surface area contributed by atoms with Gasteiger partial charge in [0.15, 0.2) is 0 Å². The van der Waals surface area contributed by atoms with E-state index >= 15 is 0 Å². The van der Waals surface area contributed by atoms with Gasteiger partial charge in [-0.3, -0.25) is 9.59 Å². The summed E-state index contributed by atoms with van der Waals surface area (Å²) in [4.78, 5) is 37.7. The van der Waals surface area contributed by atoms with Crippen molar-refractivity contribution in [3.8, 4) is 0 Å². The zero-order chi connectivity index (χ0) is 30.7. The molecule has 0 aliphatic rings. The third-order valence-corrected chi connectivity index (χ3v) is 6.24. The molecule has 2 atom stereocenters. The van der Waals surface area contributed by atoms with E-state index in [4.69, 9.17) is 0 Å². The largest absolute Gasteiger partial charge is 0.416 e. The Hall–Kier alpha value is -3.64. The molecule has 0 radical (unpaired) electrons. The first-order valence-corrected chi connectivity index (χ1v) is 13.5. The maximum Gasteiger partial charge on any atom is 0.416 e. The van der Waals surface area contributed by atoms with E-state index in [0.29, 0.717) is 25.5 Å². The van der Waals surface area contributed by atoms with E-state index in [1.165, 1.54) is 0 Å². The third kappa shape index (κ3) is 11.0. The number of aryl methyl sites for hydroxylation is 2. The number of aliphatic hydroxyl groups excluding tert-OH is 1. The molecule has 0 heterocycles. The van der Waals surface area contributed by atoms with Crippen molar-refractivity contribution in [1.82, 2.24) is 21.3 Å². The molecule has 226 valence electrons. The van der Waals surface area contributed by atoms with E-state index in [2.05, 4.69) is 32.7 Å². The maximum absolute atomic E-state index is 13.3. The Morgan fingerprint density at radius 2 is 1.71 bits per heavy atom. The van der Waals surface area contributed by atoms with Gasteiger partial charge in [0.1, 0.15) is 0 Å². The Kier molecular flexibility index (Phi) is 12.6. The van der Waals surface area contributed by atoms with E-state index in [9.17, 15) is 32.7 Å². The second-order valence-electron chi connectivity index (χ2n) is 10.3. The molecule has 9 nitrogen and oxygen atoms in total. The summed E-state index contributed by atoms with van der Waals surface area (Å²) in [5.74, 6) is -1.62. The topological polar surface area (TPSA) is 132 Å². The van der Waals surface area contributed by atoms with Crippen LogP contribution in [0.15, 0.2) is 36.4 Å². The normalized spacial score (nSPS) is 12.9. The van der Waals surface area contributed by atoms with Crippen LogP contribution in [0.1, 0.15) is 66.2 Å². The summed E-state index contributed by atoms with van der Waals surface area (Å²) in [7, 11) is 0. The second kappa shape index (κ2) is 15.4. The van der Waals surface area contributed by atoms with Crippen LogP contribution in [0.25, 0.3) is 0 Å². The number of anilines is 1. The number of rotatable bonds is 13. The fraction of sp³-hybridized carbons (Fsp3) is 0.483. The first-order chi connectivity index (χ1) is 19.2. The molecule has 6 N–H and O–H groups in total. The van der Waals surface area contributed by atoms with Crippen molar-refractivity contribution in [2.75, 3.05) is 18.4 Å². The minimum atomic E-state index is -4.72. The van der Waals surface area contributed by atoms with Crippen LogP contribution in [-0.4, -0.2) is 54.2 Å². The minimum absolute atomic E-state index is 0.152. The SMILES string of the molecule is CCC[C@@H](O)[C@H](CNCc1ccc(C)cc1C)NC(=O)CNC(=O)c1cc(C(F)(F)F)ccc1NC(=O)NC(C)C. The highest BCUT2D eigenvalue weighted by molar-refractivity contribution is 6.04. The van der Waals surface area contributed by atoms with Gasteiger partial charge in [0.05, 0.1) is 35.5 Å². The highest BCUT2D eigenvalue weighted by Gasteiger charge is 2.32. The number of alkyl halides is 3. The summed E-state index contributed by atoms with van der Waals surface area (Å²) in [6, 6.07) is 6.79. The van der Waals surface area contributed by atoms with Crippen LogP contribution in [-0.2, 0) is 17.5 Å². The number of carbonyl (C=O) groups is 3. The van der Waals surface area contributed by atoms with Crippen molar-refractivity contribution in [3.63, 3.8) is 0 Å². The highest BCUT2D eigenvalue weighted by atomic mass is 19.4. The summed E-state index contributed by atoms with van der Waals surface area (Å²) in [5.41, 5.74) is 1.64. The fourth-order valence-corrected chi connectivity index (χ4v) is 4.14. The number of hydrogen-bond donors (Lipinski definition) is 6. The van der Waals surface area contributed by atoms with E-state index in [1.54, 1.807) is 13.8 Å². The van der Waals surface area contributed by atoms with Crippen LogP contribution >= 0.6 is 0 Å². The van der Waals surface area contributed by atoms with Crippen molar-refractivity contribution >= 4 is 23.5 Å². The molecule has 0 bridgehead atoms. The Labute approximate surface area is 238 Å². The van der Waals surface area contributed by atoms with Gasteiger partial charge in [-0.15, -0.1) is 0 Å². The molecule has 0 aromatic heterocycles. The summed E-state index contributed by atoms with van der Waals surface area (Å²) in [6.07, 6.45) is -4.47. The molecule has 41 heavy (non-hydrogen) atoms. The molecule has 0 spiro atoms. The van der Waals surface area contributed by atoms with Crippen molar-refractivity contribution in [1.29, 1.82) is 0 Å². The molecule has 0 fully saturated rings. The maximum atomic E-state index is 13.3. The number of benzene rings is 2. The van der Waals surface area contributed by atoms with Crippen molar-refractivity contribution in [2.45, 2.75) is 78.4 Å². The number of hydrogen-bond acceptors (Lipinski definition) is 5. The molecule has 4 amide bonds. The van der Waals surface area contributed by atoms with E-state index < -0.39 is 53.8 Å². The molecule has 2 aromatic carbocycles. The predicted molar refractivity (Wildman–Crippen MR) is 152 cm³/mol. The van der Waals surface area contributed by atoms with Crippen molar-refractivity contribution < 1.29 is 32.7 Å². The van der Waals surface area contributed by atoms with Gasteiger partial charge in [-0.25, -0.2) is 4.79 Å². The van der Waals surface area contributed by atoms with Gasteiger partial charge in [-0.1, -0.05) is 37.1 Å². The quantitative estimate of drug-likeness (QED) is 0.213.